The fraction of sp³-hybridized carbons (Fsp3) is 0.0833. The number of nitrogens with zero attached hydrogens (tertiary/aromatic N) is 2. The van der Waals surface area contributed by atoms with Gasteiger partial charge in [-0.15, -0.1) is 0 Å². The molecule has 6 heteroatoms. The lowest BCUT2D eigenvalue weighted by Gasteiger charge is -2.06. The highest BCUT2D eigenvalue weighted by Crippen LogP contribution is 2.12. The molecule has 1 N–H and O–H groups in total. The van der Waals surface area contributed by atoms with Crippen LogP contribution in [-0.4, -0.2) is 15.5 Å². The Kier molecular flexibility index (Phi) is 3.18. The summed E-state index contributed by atoms with van der Waals surface area (Å²) in [5.74, 6) is -1.17. The standard InChI is InChI=1S/C12H10FN3O2/c1-16-5-3-8(6-11(16)17)12(18)15-10-2-4-14-7-9(10)13/h2-7H,1H3,(H,14,15,18). The van der Waals surface area contributed by atoms with Gasteiger partial charge in [-0.25, -0.2) is 4.39 Å². The molecule has 0 fully saturated rings. The summed E-state index contributed by atoms with van der Waals surface area (Å²) in [4.78, 5) is 26.7. The van der Waals surface area contributed by atoms with E-state index in [0.717, 1.165) is 6.20 Å². The fourth-order valence-corrected chi connectivity index (χ4v) is 1.36. The summed E-state index contributed by atoms with van der Waals surface area (Å²) >= 11 is 0. The Morgan fingerprint density at radius 2 is 2.22 bits per heavy atom. The maximum atomic E-state index is 13.3. The summed E-state index contributed by atoms with van der Waals surface area (Å²) in [6.45, 7) is 0. The molecule has 0 aliphatic carbocycles. The van der Waals surface area contributed by atoms with Gasteiger partial charge in [-0.05, 0) is 12.1 Å². The second-order valence-electron chi connectivity index (χ2n) is 3.67. The molecule has 2 aromatic rings. The van der Waals surface area contributed by atoms with Crippen molar-refractivity contribution in [1.29, 1.82) is 0 Å². The lowest BCUT2D eigenvalue weighted by molar-refractivity contribution is 0.102. The first-order chi connectivity index (χ1) is 8.58. The van der Waals surface area contributed by atoms with Gasteiger partial charge in [0.1, 0.15) is 0 Å². The topological polar surface area (TPSA) is 64.0 Å². The number of hydrogen-bond donors (Lipinski definition) is 1. The molecule has 2 rings (SSSR count). The van der Waals surface area contributed by atoms with Gasteiger partial charge in [0.15, 0.2) is 5.82 Å². The van der Waals surface area contributed by atoms with Crippen LogP contribution in [0.5, 0.6) is 0 Å². The first kappa shape index (κ1) is 12.0. The quantitative estimate of drug-likeness (QED) is 0.866. The predicted octanol–water partition coefficient (Wildman–Crippen LogP) is 1.17. The van der Waals surface area contributed by atoms with E-state index in [1.165, 1.54) is 35.2 Å². The van der Waals surface area contributed by atoms with Crippen LogP contribution in [0, 0.1) is 5.82 Å². The molecule has 2 aromatic heterocycles. The van der Waals surface area contributed by atoms with Gasteiger partial charge in [-0.2, -0.15) is 0 Å². The normalized spacial score (nSPS) is 10.1. The van der Waals surface area contributed by atoms with E-state index in [2.05, 4.69) is 10.3 Å². The molecule has 0 saturated heterocycles. The Bertz CT molecular complexity index is 652. The number of amides is 1. The van der Waals surface area contributed by atoms with Gasteiger partial charge >= 0.3 is 0 Å². The number of carbonyl (C=O) groups is 1. The van der Waals surface area contributed by atoms with Crippen LogP contribution in [-0.2, 0) is 7.05 Å². The van der Waals surface area contributed by atoms with E-state index in [-0.39, 0.29) is 16.8 Å². The second kappa shape index (κ2) is 4.79. The molecule has 0 bridgehead atoms. The molecule has 5 nitrogen and oxygen atoms in total. The van der Waals surface area contributed by atoms with Gasteiger partial charge in [0.25, 0.3) is 11.5 Å². The Morgan fingerprint density at radius 1 is 1.44 bits per heavy atom. The molecule has 92 valence electrons. The smallest absolute Gasteiger partial charge is 0.255 e. The summed E-state index contributed by atoms with van der Waals surface area (Å²) in [6.07, 6.45) is 3.84. The Hall–Kier alpha value is -2.50. The number of anilines is 1. The number of halogens is 1. The average Bonchev–Trinajstić information content (AvgIpc) is 2.35. The Labute approximate surface area is 102 Å². The van der Waals surface area contributed by atoms with Crippen molar-refractivity contribution in [1.82, 2.24) is 9.55 Å². The predicted molar refractivity (Wildman–Crippen MR) is 63.8 cm³/mol. The van der Waals surface area contributed by atoms with Crippen molar-refractivity contribution in [3.05, 3.63) is 58.5 Å². The van der Waals surface area contributed by atoms with Crippen molar-refractivity contribution in [3.8, 4) is 0 Å². The molecule has 0 atom stereocenters. The molecule has 0 aliphatic heterocycles. The minimum atomic E-state index is -0.630. The van der Waals surface area contributed by atoms with Crippen molar-refractivity contribution in [3.63, 3.8) is 0 Å². The largest absolute Gasteiger partial charge is 0.319 e. The van der Waals surface area contributed by atoms with Crippen LogP contribution in [0.3, 0.4) is 0 Å². The molecule has 18 heavy (non-hydrogen) atoms. The maximum absolute atomic E-state index is 13.3. The van der Waals surface area contributed by atoms with Crippen LogP contribution in [0.2, 0.25) is 0 Å². The highest BCUT2D eigenvalue weighted by Gasteiger charge is 2.09. The zero-order valence-corrected chi connectivity index (χ0v) is 9.55. The zero-order chi connectivity index (χ0) is 13.1. The monoisotopic (exact) mass is 247 g/mol. The molecule has 0 saturated carbocycles. The molecule has 0 spiro atoms. The first-order valence-corrected chi connectivity index (χ1v) is 5.15. The van der Waals surface area contributed by atoms with Crippen molar-refractivity contribution in [2.75, 3.05) is 5.32 Å². The zero-order valence-electron chi connectivity index (χ0n) is 9.55. The number of aromatic nitrogens is 2. The van der Waals surface area contributed by atoms with Crippen molar-refractivity contribution in [2.45, 2.75) is 0 Å². The van der Waals surface area contributed by atoms with E-state index in [0.29, 0.717) is 0 Å². The lowest BCUT2D eigenvalue weighted by Crippen LogP contribution is -2.20. The summed E-state index contributed by atoms with van der Waals surface area (Å²) in [6, 6.07) is 4.01. The van der Waals surface area contributed by atoms with E-state index in [4.69, 9.17) is 0 Å². The van der Waals surface area contributed by atoms with E-state index in [1.54, 1.807) is 7.05 Å². The van der Waals surface area contributed by atoms with E-state index in [1.807, 2.05) is 0 Å². The minimum absolute atomic E-state index is 0.0238. The van der Waals surface area contributed by atoms with Gasteiger partial charge < -0.3 is 9.88 Å². The van der Waals surface area contributed by atoms with E-state index in [9.17, 15) is 14.0 Å². The van der Waals surface area contributed by atoms with Gasteiger partial charge in [0.05, 0.1) is 11.9 Å². The molecule has 0 unspecified atom stereocenters. The fourth-order valence-electron chi connectivity index (χ4n) is 1.36. The van der Waals surface area contributed by atoms with Crippen molar-refractivity contribution in [2.24, 2.45) is 7.05 Å². The molecular formula is C12H10FN3O2. The van der Waals surface area contributed by atoms with Crippen LogP contribution in [0.25, 0.3) is 0 Å². The van der Waals surface area contributed by atoms with E-state index >= 15 is 0 Å². The molecular weight excluding hydrogens is 237 g/mol. The number of nitrogens with one attached hydrogen (secondary N) is 1. The third kappa shape index (κ3) is 2.42. The summed E-state index contributed by atoms with van der Waals surface area (Å²) in [7, 11) is 1.58. The highest BCUT2D eigenvalue weighted by atomic mass is 19.1. The number of rotatable bonds is 2. The van der Waals surface area contributed by atoms with Gasteiger partial charge in [-0.1, -0.05) is 0 Å². The third-order valence-corrected chi connectivity index (χ3v) is 2.39. The molecule has 1 amide bonds. The average molecular weight is 247 g/mol. The lowest BCUT2D eigenvalue weighted by atomic mass is 10.2. The third-order valence-electron chi connectivity index (χ3n) is 2.39. The van der Waals surface area contributed by atoms with Crippen LogP contribution >= 0.6 is 0 Å². The SMILES string of the molecule is Cn1ccc(C(=O)Nc2ccncc2F)cc1=O. The number of aryl methyl sites for hydroxylation is 1. The van der Waals surface area contributed by atoms with Crippen LogP contribution in [0.1, 0.15) is 10.4 Å². The van der Waals surface area contributed by atoms with Crippen LogP contribution in [0.4, 0.5) is 10.1 Å². The number of carbonyl (C=O) groups excluding carboxylic acids is 1. The number of pyridine rings is 2. The molecule has 2 heterocycles. The summed E-state index contributed by atoms with van der Waals surface area (Å²) < 4.78 is 14.6. The Morgan fingerprint density at radius 3 is 2.89 bits per heavy atom. The molecule has 0 radical (unpaired) electrons. The molecule has 0 aliphatic rings. The van der Waals surface area contributed by atoms with Crippen LogP contribution < -0.4 is 10.9 Å². The first-order valence-electron chi connectivity index (χ1n) is 5.15. The Balaban J connectivity index is 2.25. The van der Waals surface area contributed by atoms with Gasteiger partial charge in [0, 0.05) is 31.1 Å². The van der Waals surface area contributed by atoms with Crippen LogP contribution in [0.15, 0.2) is 41.6 Å². The number of hydrogen-bond acceptors (Lipinski definition) is 3. The van der Waals surface area contributed by atoms with Crippen molar-refractivity contribution >= 4 is 11.6 Å². The van der Waals surface area contributed by atoms with Crippen molar-refractivity contribution < 1.29 is 9.18 Å². The van der Waals surface area contributed by atoms with Gasteiger partial charge in [0.2, 0.25) is 0 Å². The minimum Gasteiger partial charge on any atom is -0.319 e. The summed E-state index contributed by atoms with van der Waals surface area (Å²) in [5.41, 5.74) is -0.108. The summed E-state index contributed by atoms with van der Waals surface area (Å²) in [5, 5.41) is 2.37. The maximum Gasteiger partial charge on any atom is 0.255 e. The van der Waals surface area contributed by atoms with E-state index < -0.39 is 11.7 Å². The van der Waals surface area contributed by atoms with Gasteiger partial charge in [-0.3, -0.25) is 14.6 Å². The second-order valence-corrected chi connectivity index (χ2v) is 3.67. The molecule has 0 aromatic carbocycles. The highest BCUT2D eigenvalue weighted by molar-refractivity contribution is 6.04.